The highest BCUT2D eigenvalue weighted by Crippen LogP contribution is 2.22. The topological polar surface area (TPSA) is 21.3 Å². The van der Waals surface area contributed by atoms with E-state index >= 15 is 0 Å². The van der Waals surface area contributed by atoms with Crippen LogP contribution in [0.4, 0.5) is 0 Å². The van der Waals surface area contributed by atoms with Crippen molar-refractivity contribution in [3.63, 3.8) is 0 Å². The fourth-order valence-electron chi connectivity index (χ4n) is 2.03. The van der Waals surface area contributed by atoms with Crippen LogP contribution in [-0.4, -0.2) is 6.04 Å². The van der Waals surface area contributed by atoms with E-state index in [-0.39, 0.29) is 0 Å². The molecule has 0 spiro atoms. The summed E-state index contributed by atoms with van der Waals surface area (Å²) in [5.74, 6) is 0.850. The van der Waals surface area contributed by atoms with Crippen LogP contribution in [0.5, 0.6) is 5.75 Å². The van der Waals surface area contributed by atoms with E-state index in [0.29, 0.717) is 12.6 Å². The summed E-state index contributed by atoms with van der Waals surface area (Å²) in [4.78, 5) is 0. The smallest absolute Gasteiger partial charge is 0.120 e. The van der Waals surface area contributed by atoms with Crippen LogP contribution in [0.15, 0.2) is 42.5 Å². The van der Waals surface area contributed by atoms with Gasteiger partial charge in [0.25, 0.3) is 0 Å². The molecule has 0 fully saturated rings. The molecule has 2 aromatic rings. The Hall–Kier alpha value is -1.51. The molecule has 0 aliphatic carbocycles. The van der Waals surface area contributed by atoms with Crippen molar-refractivity contribution in [2.24, 2.45) is 0 Å². The van der Waals surface area contributed by atoms with Gasteiger partial charge in [0.1, 0.15) is 12.4 Å². The van der Waals surface area contributed by atoms with Crippen LogP contribution in [0.2, 0.25) is 5.02 Å². The second-order valence-corrected chi connectivity index (χ2v) is 5.96. The maximum atomic E-state index is 6.02. The molecule has 0 aliphatic rings. The van der Waals surface area contributed by atoms with Gasteiger partial charge in [0, 0.05) is 17.6 Å². The summed E-state index contributed by atoms with van der Waals surface area (Å²) in [5.41, 5.74) is 3.48. The van der Waals surface area contributed by atoms with Crippen LogP contribution < -0.4 is 10.1 Å². The average Bonchev–Trinajstić information content (AvgIpc) is 2.47. The monoisotopic (exact) mass is 303 g/mol. The van der Waals surface area contributed by atoms with Gasteiger partial charge < -0.3 is 10.1 Å². The Morgan fingerprint density at radius 3 is 2.57 bits per heavy atom. The third kappa shape index (κ3) is 5.07. The summed E-state index contributed by atoms with van der Waals surface area (Å²) in [7, 11) is 0. The van der Waals surface area contributed by atoms with Gasteiger partial charge in [0.2, 0.25) is 0 Å². The Labute approximate surface area is 132 Å². The van der Waals surface area contributed by atoms with Gasteiger partial charge in [-0.25, -0.2) is 0 Å². The predicted octanol–water partition coefficient (Wildman–Crippen LogP) is 4.73. The van der Waals surface area contributed by atoms with Crippen molar-refractivity contribution < 1.29 is 4.74 Å². The van der Waals surface area contributed by atoms with E-state index in [1.165, 1.54) is 11.1 Å². The molecule has 0 atom stereocenters. The molecule has 2 nitrogen and oxygen atoms in total. The van der Waals surface area contributed by atoms with Crippen molar-refractivity contribution in [2.75, 3.05) is 0 Å². The Morgan fingerprint density at radius 1 is 1.10 bits per heavy atom. The van der Waals surface area contributed by atoms with Crippen molar-refractivity contribution in [2.45, 2.75) is 40.0 Å². The van der Waals surface area contributed by atoms with Gasteiger partial charge in [-0.3, -0.25) is 0 Å². The van der Waals surface area contributed by atoms with Gasteiger partial charge in [-0.2, -0.15) is 0 Å². The largest absolute Gasteiger partial charge is 0.489 e. The fourth-order valence-corrected chi connectivity index (χ4v) is 2.14. The van der Waals surface area contributed by atoms with Gasteiger partial charge >= 0.3 is 0 Å². The van der Waals surface area contributed by atoms with Gasteiger partial charge in [-0.15, -0.1) is 0 Å². The van der Waals surface area contributed by atoms with Crippen molar-refractivity contribution in [3.05, 3.63) is 64.2 Å². The zero-order valence-corrected chi connectivity index (χ0v) is 13.6. The molecule has 1 N–H and O–H groups in total. The number of benzene rings is 2. The highest BCUT2D eigenvalue weighted by Gasteiger charge is 2.01. The van der Waals surface area contributed by atoms with Crippen LogP contribution in [0.1, 0.15) is 30.5 Å². The van der Waals surface area contributed by atoms with Gasteiger partial charge in [0.15, 0.2) is 0 Å². The molecule has 0 saturated carbocycles. The molecular formula is C18H22ClNO. The molecule has 0 aliphatic heterocycles. The number of aryl methyl sites for hydroxylation is 1. The summed E-state index contributed by atoms with van der Waals surface area (Å²) in [5, 5.41) is 4.19. The molecule has 0 radical (unpaired) electrons. The molecule has 0 unspecified atom stereocenters. The van der Waals surface area contributed by atoms with Crippen LogP contribution in [-0.2, 0) is 13.2 Å². The van der Waals surface area contributed by atoms with E-state index in [2.05, 4.69) is 43.4 Å². The van der Waals surface area contributed by atoms with E-state index in [4.69, 9.17) is 16.3 Å². The summed E-state index contributed by atoms with van der Waals surface area (Å²) < 4.78 is 5.83. The summed E-state index contributed by atoms with van der Waals surface area (Å²) in [6.45, 7) is 7.72. The Balaban J connectivity index is 1.96. The molecular weight excluding hydrogens is 282 g/mol. The summed E-state index contributed by atoms with van der Waals surface area (Å²) in [6.07, 6.45) is 0. The molecule has 2 rings (SSSR count). The SMILES string of the molecule is Cc1cc(OCc2cccc(CNC(C)C)c2)ccc1Cl. The van der Waals surface area contributed by atoms with Crippen LogP contribution >= 0.6 is 11.6 Å². The number of ether oxygens (including phenoxy) is 1. The Kier molecular flexibility index (Phi) is 5.66. The first kappa shape index (κ1) is 15.9. The average molecular weight is 304 g/mol. The second kappa shape index (κ2) is 7.48. The molecule has 0 amide bonds. The van der Waals surface area contributed by atoms with Gasteiger partial charge in [-0.05, 0) is 41.8 Å². The minimum absolute atomic E-state index is 0.488. The third-order valence-corrected chi connectivity index (χ3v) is 3.66. The zero-order chi connectivity index (χ0) is 15.2. The number of hydrogen-bond acceptors (Lipinski definition) is 2. The molecule has 0 saturated heterocycles. The first-order valence-corrected chi connectivity index (χ1v) is 7.62. The maximum absolute atomic E-state index is 6.02. The number of hydrogen-bond donors (Lipinski definition) is 1. The molecule has 0 aromatic heterocycles. The van der Waals surface area contributed by atoms with Crippen LogP contribution in [0.25, 0.3) is 0 Å². The van der Waals surface area contributed by atoms with Crippen molar-refractivity contribution in [3.8, 4) is 5.75 Å². The molecule has 0 heterocycles. The predicted molar refractivity (Wildman–Crippen MR) is 88.9 cm³/mol. The molecule has 2 aromatic carbocycles. The first-order chi connectivity index (χ1) is 10.0. The minimum Gasteiger partial charge on any atom is -0.489 e. The van der Waals surface area contributed by atoms with Gasteiger partial charge in [-0.1, -0.05) is 49.7 Å². The third-order valence-electron chi connectivity index (χ3n) is 3.24. The van der Waals surface area contributed by atoms with E-state index in [9.17, 15) is 0 Å². The number of halogens is 1. The van der Waals surface area contributed by atoms with E-state index in [1.807, 2.05) is 25.1 Å². The van der Waals surface area contributed by atoms with E-state index in [0.717, 1.165) is 22.9 Å². The Morgan fingerprint density at radius 2 is 1.86 bits per heavy atom. The highest BCUT2D eigenvalue weighted by molar-refractivity contribution is 6.31. The maximum Gasteiger partial charge on any atom is 0.120 e. The minimum atomic E-state index is 0.488. The van der Waals surface area contributed by atoms with Crippen LogP contribution in [0, 0.1) is 6.92 Å². The lowest BCUT2D eigenvalue weighted by atomic mass is 10.1. The lowest BCUT2D eigenvalue weighted by Gasteiger charge is -2.11. The van der Waals surface area contributed by atoms with E-state index in [1.54, 1.807) is 0 Å². The number of rotatable bonds is 6. The molecule has 112 valence electrons. The normalized spacial score (nSPS) is 10.9. The summed E-state index contributed by atoms with van der Waals surface area (Å²) >= 11 is 6.02. The Bertz CT molecular complexity index is 596. The van der Waals surface area contributed by atoms with Crippen molar-refractivity contribution in [1.29, 1.82) is 0 Å². The standard InChI is InChI=1S/C18H22ClNO/c1-13(2)20-11-15-5-4-6-16(10-15)12-21-17-7-8-18(19)14(3)9-17/h4-10,13,20H,11-12H2,1-3H3. The first-order valence-electron chi connectivity index (χ1n) is 7.25. The van der Waals surface area contributed by atoms with Crippen molar-refractivity contribution in [1.82, 2.24) is 5.32 Å². The quantitative estimate of drug-likeness (QED) is 0.833. The zero-order valence-electron chi connectivity index (χ0n) is 12.8. The van der Waals surface area contributed by atoms with E-state index < -0.39 is 0 Å². The molecule has 0 bridgehead atoms. The fraction of sp³-hybridized carbons (Fsp3) is 0.333. The lowest BCUT2D eigenvalue weighted by molar-refractivity contribution is 0.306. The number of nitrogens with one attached hydrogen (secondary N) is 1. The van der Waals surface area contributed by atoms with Gasteiger partial charge in [0.05, 0.1) is 0 Å². The highest BCUT2D eigenvalue weighted by atomic mass is 35.5. The van der Waals surface area contributed by atoms with Crippen LogP contribution in [0.3, 0.4) is 0 Å². The molecule has 21 heavy (non-hydrogen) atoms. The lowest BCUT2D eigenvalue weighted by Crippen LogP contribution is -2.21. The second-order valence-electron chi connectivity index (χ2n) is 5.56. The summed E-state index contributed by atoms with van der Waals surface area (Å²) in [6, 6.07) is 14.7. The van der Waals surface area contributed by atoms with Crippen molar-refractivity contribution >= 4 is 11.6 Å². The molecule has 3 heteroatoms.